The lowest BCUT2D eigenvalue weighted by atomic mass is 9.95. The van der Waals surface area contributed by atoms with Crippen LogP contribution in [-0.2, 0) is 9.59 Å². The zero-order chi connectivity index (χ0) is 23.7. The molecule has 174 valence electrons. The Kier molecular flexibility index (Phi) is 6.59. The van der Waals surface area contributed by atoms with Crippen molar-refractivity contribution in [2.24, 2.45) is 11.8 Å². The quantitative estimate of drug-likeness (QED) is 0.561. The number of hydrogen-bond donors (Lipinski definition) is 0. The van der Waals surface area contributed by atoms with E-state index in [0.717, 1.165) is 48.4 Å². The zero-order valence-electron chi connectivity index (χ0n) is 20.4. The van der Waals surface area contributed by atoms with Crippen molar-refractivity contribution in [1.82, 2.24) is 4.90 Å². The monoisotopic (exact) mass is 446 g/mol. The summed E-state index contributed by atoms with van der Waals surface area (Å²) in [5.74, 6) is 1.15. The summed E-state index contributed by atoms with van der Waals surface area (Å²) in [7, 11) is 0. The van der Waals surface area contributed by atoms with Gasteiger partial charge in [0.15, 0.2) is 0 Å². The summed E-state index contributed by atoms with van der Waals surface area (Å²) in [5, 5.41) is 0. The molecule has 0 saturated carbocycles. The fraction of sp³-hybridized carbons (Fsp3) is 0.429. The Hall–Kier alpha value is -3.08. The highest BCUT2D eigenvalue weighted by Crippen LogP contribution is 2.38. The molecule has 1 fully saturated rings. The first-order chi connectivity index (χ1) is 15.8. The summed E-state index contributed by atoms with van der Waals surface area (Å²) in [6.45, 7) is 12.6. The molecule has 2 amide bonds. The number of imide groups is 1. The number of nitrogens with zero attached hydrogens (tertiary/aromatic N) is 2. The number of benzene rings is 2. The van der Waals surface area contributed by atoms with E-state index in [1.807, 2.05) is 38.1 Å². The predicted octanol–water partition coefficient (Wildman–Crippen LogP) is 5.35. The largest absolute Gasteiger partial charge is 0.493 e. The Balaban J connectivity index is 1.73. The fourth-order valence-electron chi connectivity index (χ4n) is 4.73. The molecule has 0 N–H and O–H groups in total. The van der Waals surface area contributed by atoms with Gasteiger partial charge in [-0.1, -0.05) is 44.5 Å². The van der Waals surface area contributed by atoms with Gasteiger partial charge in [-0.15, -0.1) is 0 Å². The molecule has 0 aromatic heterocycles. The summed E-state index contributed by atoms with van der Waals surface area (Å²) in [6, 6.07) is 13.3. The van der Waals surface area contributed by atoms with Crippen molar-refractivity contribution in [3.63, 3.8) is 0 Å². The van der Waals surface area contributed by atoms with Gasteiger partial charge in [0.2, 0.25) is 0 Å². The molecule has 5 nitrogen and oxygen atoms in total. The molecular weight excluding hydrogens is 412 g/mol. The summed E-state index contributed by atoms with van der Waals surface area (Å²) in [6.07, 6.45) is 2.17. The molecule has 5 heteroatoms. The van der Waals surface area contributed by atoms with Crippen molar-refractivity contribution in [3.8, 4) is 5.75 Å². The maximum absolute atomic E-state index is 13.8. The number of rotatable bonds is 6. The Bertz CT molecular complexity index is 1080. The summed E-state index contributed by atoms with van der Waals surface area (Å²) < 4.78 is 5.78. The summed E-state index contributed by atoms with van der Waals surface area (Å²) in [5.41, 5.74) is 4.62. The second-order valence-corrected chi connectivity index (χ2v) is 9.88. The lowest BCUT2D eigenvalue weighted by Gasteiger charge is -2.33. The van der Waals surface area contributed by atoms with Crippen LogP contribution >= 0.6 is 0 Å². The van der Waals surface area contributed by atoms with E-state index in [9.17, 15) is 9.59 Å². The SMILES string of the molecule is Cc1ccc(C2=C(N3CCCC(C)C3)C(=O)N(c3ccc(OCC(C)C)cc3)C2=O)c(C)c1. The van der Waals surface area contributed by atoms with E-state index in [0.29, 0.717) is 35.4 Å². The summed E-state index contributed by atoms with van der Waals surface area (Å²) >= 11 is 0. The molecule has 0 aliphatic carbocycles. The molecular formula is C28H34N2O3. The van der Waals surface area contributed by atoms with E-state index in [1.165, 1.54) is 4.90 Å². The molecule has 1 unspecified atom stereocenters. The van der Waals surface area contributed by atoms with Crippen LogP contribution < -0.4 is 9.64 Å². The highest BCUT2D eigenvalue weighted by Gasteiger charge is 2.43. The number of piperidine rings is 1. The number of hydrogen-bond acceptors (Lipinski definition) is 4. The Labute approximate surface area is 197 Å². The van der Waals surface area contributed by atoms with Crippen LogP contribution in [0.15, 0.2) is 48.2 Å². The highest BCUT2D eigenvalue weighted by molar-refractivity contribution is 6.45. The van der Waals surface area contributed by atoms with Gasteiger partial charge in [-0.2, -0.15) is 0 Å². The molecule has 1 atom stereocenters. The molecule has 0 radical (unpaired) electrons. The van der Waals surface area contributed by atoms with Crippen LogP contribution in [0.5, 0.6) is 5.75 Å². The molecule has 2 heterocycles. The van der Waals surface area contributed by atoms with Gasteiger partial charge in [0, 0.05) is 13.1 Å². The van der Waals surface area contributed by atoms with Gasteiger partial charge in [-0.3, -0.25) is 9.59 Å². The molecule has 0 bridgehead atoms. The van der Waals surface area contributed by atoms with Gasteiger partial charge in [0.1, 0.15) is 11.4 Å². The van der Waals surface area contributed by atoms with Gasteiger partial charge in [0.05, 0.1) is 17.9 Å². The number of anilines is 1. The molecule has 2 aromatic carbocycles. The molecule has 0 spiro atoms. The van der Waals surface area contributed by atoms with Crippen LogP contribution in [0, 0.1) is 25.7 Å². The second kappa shape index (κ2) is 9.42. The molecule has 4 rings (SSSR count). The van der Waals surface area contributed by atoms with Gasteiger partial charge < -0.3 is 9.64 Å². The normalized spacial score (nSPS) is 19.2. The smallest absolute Gasteiger partial charge is 0.282 e. The molecule has 2 aliphatic rings. The van der Waals surface area contributed by atoms with E-state index < -0.39 is 0 Å². The molecule has 1 saturated heterocycles. The van der Waals surface area contributed by atoms with Crippen LogP contribution in [0.25, 0.3) is 5.57 Å². The molecule has 33 heavy (non-hydrogen) atoms. The third kappa shape index (κ3) is 4.68. The van der Waals surface area contributed by atoms with E-state index in [-0.39, 0.29) is 11.8 Å². The van der Waals surface area contributed by atoms with Crippen molar-refractivity contribution >= 4 is 23.1 Å². The van der Waals surface area contributed by atoms with Crippen LogP contribution in [0.4, 0.5) is 5.69 Å². The third-order valence-corrected chi connectivity index (χ3v) is 6.36. The first kappa shape index (κ1) is 23.1. The van der Waals surface area contributed by atoms with Crippen molar-refractivity contribution in [1.29, 1.82) is 0 Å². The minimum absolute atomic E-state index is 0.236. The van der Waals surface area contributed by atoms with E-state index in [1.54, 1.807) is 12.1 Å². The Morgan fingerprint density at radius 2 is 1.76 bits per heavy atom. The van der Waals surface area contributed by atoms with Crippen molar-refractivity contribution in [3.05, 3.63) is 64.9 Å². The van der Waals surface area contributed by atoms with E-state index in [4.69, 9.17) is 4.74 Å². The maximum atomic E-state index is 13.8. The van der Waals surface area contributed by atoms with E-state index in [2.05, 4.69) is 31.7 Å². The van der Waals surface area contributed by atoms with Gasteiger partial charge >= 0.3 is 0 Å². The average molecular weight is 447 g/mol. The van der Waals surface area contributed by atoms with Crippen LogP contribution in [0.1, 0.15) is 50.3 Å². The van der Waals surface area contributed by atoms with E-state index >= 15 is 0 Å². The van der Waals surface area contributed by atoms with Gasteiger partial charge in [-0.25, -0.2) is 4.90 Å². The molecule has 2 aromatic rings. The van der Waals surface area contributed by atoms with Crippen molar-refractivity contribution in [2.45, 2.75) is 47.5 Å². The van der Waals surface area contributed by atoms with Crippen LogP contribution in [0.2, 0.25) is 0 Å². The third-order valence-electron chi connectivity index (χ3n) is 6.36. The second-order valence-electron chi connectivity index (χ2n) is 9.88. The highest BCUT2D eigenvalue weighted by atomic mass is 16.5. The number of amides is 2. The topological polar surface area (TPSA) is 49.9 Å². The fourth-order valence-corrected chi connectivity index (χ4v) is 4.73. The number of ether oxygens (including phenoxy) is 1. The first-order valence-corrected chi connectivity index (χ1v) is 11.9. The lowest BCUT2D eigenvalue weighted by Crippen LogP contribution is -2.39. The maximum Gasteiger partial charge on any atom is 0.282 e. The standard InChI is InChI=1S/C28H34N2O3/c1-18(2)17-33-23-11-9-22(10-12-23)30-27(31)25(24-13-8-19(3)15-21(24)5)26(28(30)32)29-14-6-7-20(4)16-29/h8-13,15,18,20H,6-7,14,16-17H2,1-5H3. The minimum Gasteiger partial charge on any atom is -0.493 e. The van der Waals surface area contributed by atoms with Gasteiger partial charge in [-0.05, 0) is 73.9 Å². The average Bonchev–Trinajstić information content (AvgIpc) is 3.02. The minimum atomic E-state index is -0.254. The molecule has 2 aliphatic heterocycles. The Morgan fingerprint density at radius 3 is 2.39 bits per heavy atom. The van der Waals surface area contributed by atoms with Crippen molar-refractivity contribution in [2.75, 3.05) is 24.6 Å². The predicted molar refractivity (Wildman–Crippen MR) is 132 cm³/mol. The van der Waals surface area contributed by atoms with Crippen molar-refractivity contribution < 1.29 is 14.3 Å². The zero-order valence-corrected chi connectivity index (χ0v) is 20.4. The number of likely N-dealkylation sites (tertiary alicyclic amines) is 1. The first-order valence-electron chi connectivity index (χ1n) is 11.9. The Morgan fingerprint density at radius 1 is 1.03 bits per heavy atom. The summed E-state index contributed by atoms with van der Waals surface area (Å²) in [4.78, 5) is 31.0. The van der Waals surface area contributed by atoms with Crippen LogP contribution in [-0.4, -0.2) is 36.4 Å². The van der Waals surface area contributed by atoms with Gasteiger partial charge in [0.25, 0.3) is 11.8 Å². The van der Waals surface area contributed by atoms with Crippen LogP contribution in [0.3, 0.4) is 0 Å². The lowest BCUT2D eigenvalue weighted by molar-refractivity contribution is -0.120. The number of aryl methyl sites for hydroxylation is 2. The number of carbonyl (C=O) groups is 2. The number of carbonyl (C=O) groups excluding carboxylic acids is 2.